The maximum atomic E-state index is 6.06. The molecule has 19 heavy (non-hydrogen) atoms. The lowest BCUT2D eigenvalue weighted by Gasteiger charge is -2.04. The summed E-state index contributed by atoms with van der Waals surface area (Å²) in [6, 6.07) is 10.1. The second-order valence-corrected chi connectivity index (χ2v) is 6.90. The Labute approximate surface area is 130 Å². The minimum Gasteiger partial charge on any atom is -0.237 e. The summed E-state index contributed by atoms with van der Waals surface area (Å²) in [5.74, 6) is 2.18. The molecular weight excluding hydrogens is 344 g/mol. The summed E-state index contributed by atoms with van der Waals surface area (Å²) < 4.78 is 1.09. The molecule has 0 aliphatic heterocycles. The molecule has 0 amide bonds. The molecule has 0 bridgehead atoms. The van der Waals surface area contributed by atoms with Gasteiger partial charge in [0.25, 0.3) is 0 Å². The van der Waals surface area contributed by atoms with Gasteiger partial charge in [0.15, 0.2) is 0 Å². The predicted octanol–water partition coefficient (Wildman–Crippen LogP) is 5.06. The molecule has 2 aromatic rings. The van der Waals surface area contributed by atoms with Gasteiger partial charge in [-0.15, -0.1) is 11.8 Å². The Morgan fingerprint density at radius 3 is 2.63 bits per heavy atom. The summed E-state index contributed by atoms with van der Waals surface area (Å²) in [4.78, 5) is 10.1. The lowest BCUT2D eigenvalue weighted by atomic mass is 10.3. The Morgan fingerprint density at radius 1 is 1.21 bits per heavy atom. The largest absolute Gasteiger partial charge is 0.237 e. The molecule has 2 nitrogen and oxygen atoms in total. The van der Waals surface area contributed by atoms with E-state index in [4.69, 9.17) is 11.6 Å². The van der Waals surface area contributed by atoms with Crippen LogP contribution in [0.4, 0.5) is 0 Å². The molecule has 3 rings (SSSR count). The summed E-state index contributed by atoms with van der Waals surface area (Å²) in [5.41, 5.74) is 1.10. The topological polar surface area (TPSA) is 25.8 Å². The summed E-state index contributed by atoms with van der Waals surface area (Å²) in [7, 11) is 0. The van der Waals surface area contributed by atoms with Gasteiger partial charge in [0.1, 0.15) is 11.0 Å². The smallest absolute Gasteiger partial charge is 0.140 e. The highest BCUT2D eigenvalue weighted by Gasteiger charge is 2.25. The Morgan fingerprint density at radius 2 is 1.95 bits per heavy atom. The normalized spacial score (nSPS) is 14.6. The van der Waals surface area contributed by atoms with Crippen LogP contribution >= 0.6 is 39.3 Å². The second kappa shape index (κ2) is 5.81. The van der Waals surface area contributed by atoms with E-state index in [2.05, 4.69) is 38.0 Å². The third-order valence-corrected chi connectivity index (χ3v) is 4.67. The molecule has 1 aromatic heterocycles. The Kier molecular flexibility index (Phi) is 4.10. The zero-order valence-electron chi connectivity index (χ0n) is 10.1. The molecule has 1 aromatic carbocycles. The highest BCUT2D eigenvalue weighted by atomic mass is 79.9. The fraction of sp³-hybridized carbons (Fsp3) is 0.286. The monoisotopic (exact) mass is 354 g/mol. The van der Waals surface area contributed by atoms with E-state index in [1.165, 1.54) is 17.7 Å². The molecule has 1 aliphatic rings. The van der Waals surface area contributed by atoms with Crippen LogP contribution in [0, 0.1) is 0 Å². The van der Waals surface area contributed by atoms with Crippen molar-refractivity contribution in [3.63, 3.8) is 0 Å². The van der Waals surface area contributed by atoms with Crippen molar-refractivity contribution in [1.82, 2.24) is 9.97 Å². The fourth-order valence-corrected chi connectivity index (χ4v) is 3.04. The number of hydrogen-bond acceptors (Lipinski definition) is 3. The molecule has 0 saturated heterocycles. The maximum Gasteiger partial charge on any atom is 0.140 e. The van der Waals surface area contributed by atoms with E-state index in [0.29, 0.717) is 11.1 Å². The van der Waals surface area contributed by atoms with E-state index < -0.39 is 0 Å². The van der Waals surface area contributed by atoms with Crippen LogP contribution in [0.1, 0.15) is 30.3 Å². The van der Waals surface area contributed by atoms with Crippen LogP contribution in [0.25, 0.3) is 0 Å². The van der Waals surface area contributed by atoms with Gasteiger partial charge in [-0.3, -0.25) is 0 Å². The maximum absolute atomic E-state index is 6.06. The second-order valence-electron chi connectivity index (χ2n) is 4.55. The van der Waals surface area contributed by atoms with Crippen LogP contribution < -0.4 is 0 Å². The van der Waals surface area contributed by atoms with Crippen molar-refractivity contribution in [2.45, 2.75) is 29.4 Å². The van der Waals surface area contributed by atoms with Crippen LogP contribution in [0.15, 0.2) is 39.7 Å². The highest BCUT2D eigenvalue weighted by molar-refractivity contribution is 9.10. The molecule has 1 aliphatic carbocycles. The summed E-state index contributed by atoms with van der Waals surface area (Å²) in [6.07, 6.45) is 2.46. The van der Waals surface area contributed by atoms with E-state index in [-0.39, 0.29) is 0 Å². The van der Waals surface area contributed by atoms with Gasteiger partial charge in [0.2, 0.25) is 0 Å². The number of halogens is 2. The number of nitrogens with zero attached hydrogens (tertiary/aromatic N) is 2. The molecule has 0 atom stereocenters. The molecule has 0 N–H and O–H groups in total. The van der Waals surface area contributed by atoms with Crippen molar-refractivity contribution in [2.75, 3.05) is 0 Å². The van der Waals surface area contributed by atoms with E-state index in [1.54, 1.807) is 11.8 Å². The minimum atomic E-state index is 0.559. The first-order valence-corrected chi connectivity index (χ1v) is 8.28. The van der Waals surface area contributed by atoms with Gasteiger partial charge in [0.05, 0.1) is 5.75 Å². The van der Waals surface area contributed by atoms with Crippen LogP contribution in [-0.2, 0) is 5.75 Å². The lowest BCUT2D eigenvalue weighted by molar-refractivity contribution is 0.932. The summed E-state index contributed by atoms with van der Waals surface area (Å²) in [5, 5.41) is 0.559. The molecule has 1 heterocycles. The molecule has 5 heteroatoms. The molecule has 0 radical (unpaired) electrons. The minimum absolute atomic E-state index is 0.559. The van der Waals surface area contributed by atoms with Gasteiger partial charge in [-0.05, 0) is 43.2 Å². The van der Waals surface area contributed by atoms with E-state index >= 15 is 0 Å². The van der Waals surface area contributed by atoms with Crippen LogP contribution in [0.2, 0.25) is 5.15 Å². The van der Waals surface area contributed by atoms with Crippen LogP contribution in [-0.4, -0.2) is 9.97 Å². The first-order chi connectivity index (χ1) is 9.20. The van der Waals surface area contributed by atoms with E-state index in [0.717, 1.165) is 21.7 Å². The number of benzene rings is 1. The Balaban J connectivity index is 1.70. The molecular formula is C14H12BrClN2S. The Hall–Kier alpha value is -0.580. The van der Waals surface area contributed by atoms with Gasteiger partial charge in [-0.2, -0.15) is 0 Å². The van der Waals surface area contributed by atoms with Gasteiger partial charge in [-0.1, -0.05) is 27.5 Å². The van der Waals surface area contributed by atoms with Crippen LogP contribution in [0.5, 0.6) is 0 Å². The molecule has 1 fully saturated rings. The quantitative estimate of drug-likeness (QED) is 0.566. The SMILES string of the molecule is Clc1cc(C2CC2)nc(CSc2ccc(Br)cc2)n1. The van der Waals surface area contributed by atoms with Gasteiger partial charge >= 0.3 is 0 Å². The molecule has 0 spiro atoms. The van der Waals surface area contributed by atoms with Crippen molar-refractivity contribution in [2.24, 2.45) is 0 Å². The van der Waals surface area contributed by atoms with Crippen LogP contribution in [0.3, 0.4) is 0 Å². The first kappa shape index (κ1) is 13.4. The van der Waals surface area contributed by atoms with E-state index in [1.807, 2.05) is 18.2 Å². The van der Waals surface area contributed by atoms with Crippen molar-refractivity contribution in [1.29, 1.82) is 0 Å². The number of rotatable bonds is 4. The average molecular weight is 356 g/mol. The molecule has 0 unspecified atom stereocenters. The average Bonchev–Trinajstić information content (AvgIpc) is 3.22. The number of hydrogen-bond donors (Lipinski definition) is 0. The van der Waals surface area contributed by atoms with Crippen molar-refractivity contribution in [3.05, 3.63) is 51.5 Å². The third kappa shape index (κ3) is 3.71. The first-order valence-electron chi connectivity index (χ1n) is 6.12. The summed E-state index contributed by atoms with van der Waals surface area (Å²) >= 11 is 11.2. The molecule has 98 valence electrons. The zero-order valence-corrected chi connectivity index (χ0v) is 13.3. The zero-order chi connectivity index (χ0) is 13.2. The Bertz CT molecular complexity index is 584. The number of aromatic nitrogens is 2. The van der Waals surface area contributed by atoms with Gasteiger partial charge in [0, 0.05) is 21.0 Å². The third-order valence-electron chi connectivity index (χ3n) is 2.94. The van der Waals surface area contributed by atoms with Crippen molar-refractivity contribution < 1.29 is 0 Å². The lowest BCUT2D eigenvalue weighted by Crippen LogP contribution is -1.97. The predicted molar refractivity (Wildman–Crippen MR) is 82.7 cm³/mol. The number of thioether (sulfide) groups is 1. The standard InChI is InChI=1S/C14H12BrClN2S/c15-10-3-5-11(6-4-10)19-8-14-17-12(9-1-2-9)7-13(16)18-14/h3-7,9H,1-2,8H2. The van der Waals surface area contributed by atoms with E-state index in [9.17, 15) is 0 Å². The fourth-order valence-electron chi connectivity index (χ4n) is 1.82. The highest BCUT2D eigenvalue weighted by Crippen LogP contribution is 2.39. The van der Waals surface area contributed by atoms with Gasteiger partial charge < -0.3 is 0 Å². The van der Waals surface area contributed by atoms with Gasteiger partial charge in [-0.25, -0.2) is 9.97 Å². The van der Waals surface area contributed by atoms with Crippen molar-refractivity contribution >= 4 is 39.3 Å². The summed E-state index contributed by atoms with van der Waals surface area (Å²) in [6.45, 7) is 0. The van der Waals surface area contributed by atoms with Crippen molar-refractivity contribution in [3.8, 4) is 0 Å². The molecule has 1 saturated carbocycles.